The number of H-pyrrole nitrogens is 1. The molecule has 0 aliphatic carbocycles. The highest BCUT2D eigenvalue weighted by Crippen LogP contribution is 2.21. The molecule has 0 saturated heterocycles. The Morgan fingerprint density at radius 3 is 2.70 bits per heavy atom. The van der Waals surface area contributed by atoms with Gasteiger partial charge in [0.2, 0.25) is 0 Å². The molecule has 0 aliphatic heterocycles. The number of rotatable bonds is 6. The molecular formula is C16H16ClN5O. The van der Waals surface area contributed by atoms with Crippen LogP contribution in [0.15, 0.2) is 48.8 Å². The van der Waals surface area contributed by atoms with Gasteiger partial charge >= 0.3 is 0 Å². The van der Waals surface area contributed by atoms with Crippen LogP contribution in [-0.4, -0.2) is 43.8 Å². The Bertz CT molecular complexity index is 745. The molecule has 7 heteroatoms. The molecule has 3 aromatic rings. The van der Waals surface area contributed by atoms with Crippen LogP contribution in [-0.2, 0) is 0 Å². The molecular weight excluding hydrogens is 314 g/mol. The summed E-state index contributed by atoms with van der Waals surface area (Å²) < 4.78 is 0. The van der Waals surface area contributed by atoms with Crippen LogP contribution in [0.1, 0.15) is 0 Å². The third-order valence-corrected chi connectivity index (χ3v) is 3.64. The summed E-state index contributed by atoms with van der Waals surface area (Å²) in [6.07, 6.45) is 2.87. The van der Waals surface area contributed by atoms with Gasteiger partial charge in [-0.25, -0.2) is 4.98 Å². The number of aliphatic hydroxyl groups excluding tert-OH is 1. The number of aromatic nitrogens is 4. The Kier molecular flexibility index (Phi) is 4.85. The second kappa shape index (κ2) is 7.21. The quantitative estimate of drug-likeness (QED) is 0.605. The predicted octanol–water partition coefficient (Wildman–Crippen LogP) is 2.55. The van der Waals surface area contributed by atoms with E-state index < -0.39 is 6.10 Å². The number of nitrogens with zero attached hydrogens (tertiary/aromatic N) is 3. The van der Waals surface area contributed by atoms with Crippen molar-refractivity contribution in [2.45, 2.75) is 6.10 Å². The van der Waals surface area contributed by atoms with E-state index in [-0.39, 0.29) is 5.88 Å². The van der Waals surface area contributed by atoms with E-state index in [4.69, 9.17) is 11.6 Å². The first-order chi connectivity index (χ1) is 11.3. The Morgan fingerprint density at radius 1 is 1.17 bits per heavy atom. The van der Waals surface area contributed by atoms with Crippen LogP contribution in [0, 0.1) is 0 Å². The van der Waals surface area contributed by atoms with Crippen molar-refractivity contribution >= 4 is 17.3 Å². The third kappa shape index (κ3) is 3.85. The van der Waals surface area contributed by atoms with Crippen molar-refractivity contribution in [1.29, 1.82) is 0 Å². The highest BCUT2D eigenvalue weighted by atomic mass is 35.5. The van der Waals surface area contributed by atoms with Crippen molar-refractivity contribution in [1.82, 2.24) is 20.2 Å². The van der Waals surface area contributed by atoms with E-state index in [2.05, 4.69) is 25.5 Å². The summed E-state index contributed by atoms with van der Waals surface area (Å²) in [5.74, 6) is 1.51. The number of hydrogen-bond acceptors (Lipinski definition) is 5. The molecule has 0 aliphatic rings. The van der Waals surface area contributed by atoms with E-state index in [1.54, 1.807) is 12.4 Å². The molecule has 23 heavy (non-hydrogen) atoms. The molecule has 3 rings (SSSR count). The molecule has 2 aromatic heterocycles. The normalized spacial score (nSPS) is 12.1. The molecule has 0 bridgehead atoms. The number of nitrogens with one attached hydrogen (secondary N) is 2. The Labute approximate surface area is 138 Å². The lowest BCUT2D eigenvalue weighted by Crippen LogP contribution is -2.20. The van der Waals surface area contributed by atoms with Gasteiger partial charge in [-0.15, -0.1) is 11.6 Å². The molecule has 0 amide bonds. The molecule has 118 valence electrons. The predicted molar refractivity (Wildman–Crippen MR) is 90.3 cm³/mol. The number of hydrogen-bond donors (Lipinski definition) is 3. The van der Waals surface area contributed by atoms with Gasteiger partial charge in [0.05, 0.1) is 12.0 Å². The molecule has 0 fully saturated rings. The zero-order valence-electron chi connectivity index (χ0n) is 12.3. The maximum atomic E-state index is 9.44. The first-order valence-corrected chi connectivity index (χ1v) is 7.71. The van der Waals surface area contributed by atoms with Crippen LogP contribution >= 0.6 is 11.6 Å². The van der Waals surface area contributed by atoms with Gasteiger partial charge in [0.15, 0.2) is 11.6 Å². The minimum atomic E-state index is -0.562. The van der Waals surface area contributed by atoms with E-state index in [0.29, 0.717) is 18.2 Å². The second-order valence-corrected chi connectivity index (χ2v) is 5.32. The van der Waals surface area contributed by atoms with E-state index in [0.717, 1.165) is 16.8 Å². The minimum Gasteiger partial charge on any atom is -0.390 e. The van der Waals surface area contributed by atoms with Gasteiger partial charge in [-0.1, -0.05) is 0 Å². The second-order valence-electron chi connectivity index (χ2n) is 5.02. The number of pyridine rings is 1. The average molecular weight is 330 g/mol. The molecule has 0 saturated carbocycles. The molecule has 2 heterocycles. The van der Waals surface area contributed by atoms with Crippen molar-refractivity contribution in [3.63, 3.8) is 0 Å². The molecule has 0 radical (unpaired) electrons. The lowest BCUT2D eigenvalue weighted by atomic mass is 10.2. The van der Waals surface area contributed by atoms with Gasteiger partial charge in [0.25, 0.3) is 0 Å². The van der Waals surface area contributed by atoms with Crippen molar-refractivity contribution in [2.24, 2.45) is 0 Å². The summed E-state index contributed by atoms with van der Waals surface area (Å²) in [7, 11) is 0. The smallest absolute Gasteiger partial charge is 0.183 e. The van der Waals surface area contributed by atoms with Crippen LogP contribution < -0.4 is 5.32 Å². The Hall–Kier alpha value is -2.44. The fourth-order valence-electron chi connectivity index (χ4n) is 2.05. The van der Waals surface area contributed by atoms with Gasteiger partial charge in [0.1, 0.15) is 0 Å². The molecule has 0 spiro atoms. The molecule has 1 aromatic carbocycles. The van der Waals surface area contributed by atoms with Gasteiger partial charge < -0.3 is 10.4 Å². The van der Waals surface area contributed by atoms with Gasteiger partial charge in [0, 0.05) is 35.8 Å². The lowest BCUT2D eigenvalue weighted by molar-refractivity contribution is 0.211. The van der Waals surface area contributed by atoms with Crippen LogP contribution in [0.5, 0.6) is 0 Å². The topological polar surface area (TPSA) is 86.7 Å². The standard InChI is InChI=1S/C16H16ClN5O/c17-8-14(23)10-19-13-5-3-11(4-6-13)15-20-16(22-21-15)12-2-1-7-18-9-12/h1-7,9,14,19,23H,8,10H2,(H,20,21,22). The van der Waals surface area contributed by atoms with Crippen LogP contribution in [0.2, 0.25) is 0 Å². The van der Waals surface area contributed by atoms with Crippen molar-refractivity contribution in [2.75, 3.05) is 17.7 Å². The Morgan fingerprint density at radius 2 is 2.00 bits per heavy atom. The number of aliphatic hydroxyl groups is 1. The lowest BCUT2D eigenvalue weighted by Gasteiger charge is -2.10. The summed E-state index contributed by atoms with van der Waals surface area (Å²) >= 11 is 5.56. The zero-order valence-corrected chi connectivity index (χ0v) is 13.0. The highest BCUT2D eigenvalue weighted by molar-refractivity contribution is 6.18. The first-order valence-electron chi connectivity index (χ1n) is 7.17. The van der Waals surface area contributed by atoms with E-state index >= 15 is 0 Å². The van der Waals surface area contributed by atoms with Crippen molar-refractivity contribution in [3.05, 3.63) is 48.8 Å². The fourth-order valence-corrected chi connectivity index (χ4v) is 2.16. The first kappa shape index (κ1) is 15.5. The molecule has 3 N–H and O–H groups in total. The maximum absolute atomic E-state index is 9.44. The monoisotopic (exact) mass is 329 g/mol. The van der Waals surface area contributed by atoms with Crippen LogP contribution in [0.4, 0.5) is 5.69 Å². The van der Waals surface area contributed by atoms with Crippen molar-refractivity contribution in [3.8, 4) is 22.8 Å². The largest absolute Gasteiger partial charge is 0.390 e. The number of aromatic amines is 1. The summed E-state index contributed by atoms with van der Waals surface area (Å²) in [5, 5.41) is 19.7. The average Bonchev–Trinajstić information content (AvgIpc) is 3.11. The number of benzene rings is 1. The summed E-state index contributed by atoms with van der Waals surface area (Å²) in [4.78, 5) is 8.55. The number of alkyl halides is 1. The summed E-state index contributed by atoms with van der Waals surface area (Å²) in [6, 6.07) is 11.5. The highest BCUT2D eigenvalue weighted by Gasteiger charge is 2.08. The number of anilines is 1. The van der Waals surface area contributed by atoms with Crippen LogP contribution in [0.3, 0.4) is 0 Å². The fraction of sp³-hybridized carbons (Fsp3) is 0.188. The maximum Gasteiger partial charge on any atom is 0.183 e. The molecule has 1 atom stereocenters. The van der Waals surface area contributed by atoms with Gasteiger partial charge in [-0.2, -0.15) is 5.10 Å². The molecule has 6 nitrogen and oxygen atoms in total. The van der Waals surface area contributed by atoms with Crippen molar-refractivity contribution < 1.29 is 5.11 Å². The summed E-state index contributed by atoms with van der Waals surface area (Å²) in [5.41, 5.74) is 2.70. The number of halogens is 1. The third-order valence-electron chi connectivity index (χ3n) is 3.28. The zero-order chi connectivity index (χ0) is 16.1. The summed E-state index contributed by atoms with van der Waals surface area (Å²) in [6.45, 7) is 0.413. The van der Waals surface area contributed by atoms with E-state index in [1.807, 2.05) is 36.4 Å². The molecule has 1 unspecified atom stereocenters. The van der Waals surface area contributed by atoms with Crippen LogP contribution in [0.25, 0.3) is 22.8 Å². The minimum absolute atomic E-state index is 0.209. The van der Waals surface area contributed by atoms with E-state index in [9.17, 15) is 5.11 Å². The van der Waals surface area contributed by atoms with E-state index in [1.165, 1.54) is 0 Å². The van der Waals surface area contributed by atoms with Gasteiger partial charge in [-0.05, 0) is 36.4 Å². The Balaban J connectivity index is 1.71. The van der Waals surface area contributed by atoms with Gasteiger partial charge in [-0.3, -0.25) is 10.1 Å². The SMILES string of the molecule is OC(CCl)CNc1ccc(-c2nc(-c3cccnc3)n[nH]2)cc1.